The van der Waals surface area contributed by atoms with Crippen LogP contribution in [-0.4, -0.2) is 68.0 Å². The maximum Gasteiger partial charge on any atom is 0.125 e. The standard InChI is InChI=1S/C7H12N2.2C5H6N2.C5H11NO/c1-5-6(2)8-9(4)7(5)3;1-5-4-6-2-3-7-5;1-5-6-3-2-4-7-5;1-6-2-4-7-5-3-6/h1-4H3;2*2-4H,1H3;2-5H2,1H3. The molecule has 30 heavy (non-hydrogen) atoms. The molecule has 164 valence electrons. The van der Waals surface area contributed by atoms with Gasteiger partial charge >= 0.3 is 0 Å². The van der Waals surface area contributed by atoms with E-state index in [9.17, 15) is 0 Å². The number of ether oxygens (including phenoxy) is 1. The van der Waals surface area contributed by atoms with Gasteiger partial charge < -0.3 is 9.64 Å². The minimum absolute atomic E-state index is 0.822. The third-order valence-corrected chi connectivity index (χ3v) is 4.49. The van der Waals surface area contributed by atoms with E-state index in [4.69, 9.17) is 4.74 Å². The van der Waals surface area contributed by atoms with Gasteiger partial charge in [-0.15, -0.1) is 0 Å². The van der Waals surface area contributed by atoms with Gasteiger partial charge in [-0.25, -0.2) is 9.97 Å². The summed E-state index contributed by atoms with van der Waals surface area (Å²) in [5.41, 5.74) is 4.66. The second-order valence-corrected chi connectivity index (χ2v) is 6.98. The first-order chi connectivity index (χ1) is 14.3. The molecular formula is C22H35N7O. The van der Waals surface area contributed by atoms with Crippen LogP contribution in [0.2, 0.25) is 0 Å². The third kappa shape index (κ3) is 10.7. The molecule has 1 aliphatic heterocycles. The fourth-order valence-corrected chi connectivity index (χ4v) is 2.28. The molecular weight excluding hydrogens is 378 g/mol. The van der Waals surface area contributed by atoms with E-state index < -0.39 is 0 Å². The van der Waals surface area contributed by atoms with Crippen LogP contribution in [-0.2, 0) is 11.8 Å². The lowest BCUT2D eigenvalue weighted by Gasteiger charge is -2.21. The molecule has 0 N–H and O–H groups in total. The van der Waals surface area contributed by atoms with Gasteiger partial charge in [-0.3, -0.25) is 14.6 Å². The van der Waals surface area contributed by atoms with Crippen LogP contribution < -0.4 is 0 Å². The van der Waals surface area contributed by atoms with E-state index >= 15 is 0 Å². The number of morpholine rings is 1. The summed E-state index contributed by atoms with van der Waals surface area (Å²) in [6.07, 6.45) is 8.51. The van der Waals surface area contributed by atoms with Crippen LogP contribution in [0.3, 0.4) is 0 Å². The number of rotatable bonds is 0. The summed E-state index contributed by atoms with van der Waals surface area (Å²) in [6, 6.07) is 1.80. The summed E-state index contributed by atoms with van der Waals surface area (Å²) < 4.78 is 7.01. The Morgan fingerprint density at radius 3 is 1.70 bits per heavy atom. The molecule has 4 rings (SSSR count). The Kier molecular flexibility index (Phi) is 12.1. The van der Waals surface area contributed by atoms with E-state index in [1.54, 1.807) is 37.1 Å². The van der Waals surface area contributed by atoms with Gasteiger partial charge in [0.1, 0.15) is 5.82 Å². The topological polar surface area (TPSA) is 81.8 Å². The Bertz CT molecular complexity index is 756. The van der Waals surface area contributed by atoms with E-state index in [1.165, 1.54) is 11.3 Å². The highest BCUT2D eigenvalue weighted by molar-refractivity contribution is 5.21. The minimum Gasteiger partial charge on any atom is -0.379 e. The molecule has 3 aromatic rings. The van der Waals surface area contributed by atoms with Crippen molar-refractivity contribution < 1.29 is 4.74 Å². The van der Waals surface area contributed by atoms with E-state index in [2.05, 4.69) is 50.8 Å². The van der Waals surface area contributed by atoms with Crippen molar-refractivity contribution in [1.29, 1.82) is 0 Å². The molecule has 0 aromatic carbocycles. The van der Waals surface area contributed by atoms with Crippen LogP contribution in [0, 0.1) is 34.6 Å². The maximum absolute atomic E-state index is 5.10. The lowest BCUT2D eigenvalue weighted by atomic mass is 10.2. The van der Waals surface area contributed by atoms with Crippen molar-refractivity contribution in [3.63, 3.8) is 0 Å². The summed E-state index contributed by atoms with van der Waals surface area (Å²) in [7, 11) is 4.08. The average molecular weight is 414 g/mol. The van der Waals surface area contributed by atoms with Crippen molar-refractivity contribution >= 4 is 0 Å². The van der Waals surface area contributed by atoms with Crippen molar-refractivity contribution in [2.45, 2.75) is 34.6 Å². The lowest BCUT2D eigenvalue weighted by molar-refractivity contribution is 0.0503. The van der Waals surface area contributed by atoms with Gasteiger partial charge in [0, 0.05) is 56.8 Å². The molecule has 8 heteroatoms. The predicted octanol–water partition coefficient (Wildman–Crippen LogP) is 2.86. The number of likely N-dealkylation sites (N-methyl/N-ethyl adjacent to an activating group) is 1. The first kappa shape index (κ1) is 25.3. The Labute approximate surface area is 180 Å². The molecule has 4 heterocycles. The zero-order valence-corrected chi connectivity index (χ0v) is 19.3. The Balaban J connectivity index is 0.000000201. The highest BCUT2D eigenvalue weighted by Gasteiger charge is 2.02. The van der Waals surface area contributed by atoms with Gasteiger partial charge in [-0.2, -0.15) is 5.10 Å². The highest BCUT2D eigenvalue weighted by atomic mass is 16.5. The monoisotopic (exact) mass is 413 g/mol. The minimum atomic E-state index is 0.822. The summed E-state index contributed by atoms with van der Waals surface area (Å²) in [6.45, 7) is 14.0. The molecule has 8 nitrogen and oxygen atoms in total. The number of nitrogens with zero attached hydrogens (tertiary/aromatic N) is 7. The van der Waals surface area contributed by atoms with Gasteiger partial charge in [0.15, 0.2) is 0 Å². The average Bonchev–Trinajstić information content (AvgIpc) is 2.97. The van der Waals surface area contributed by atoms with Crippen molar-refractivity contribution in [1.82, 2.24) is 34.6 Å². The van der Waals surface area contributed by atoms with Crippen LogP contribution in [0.25, 0.3) is 0 Å². The van der Waals surface area contributed by atoms with Crippen molar-refractivity contribution in [2.24, 2.45) is 7.05 Å². The molecule has 0 unspecified atom stereocenters. The van der Waals surface area contributed by atoms with E-state index in [0.29, 0.717) is 0 Å². The van der Waals surface area contributed by atoms with Crippen LogP contribution in [0.15, 0.2) is 37.1 Å². The molecule has 0 radical (unpaired) electrons. The zero-order valence-electron chi connectivity index (χ0n) is 19.3. The molecule has 0 saturated carbocycles. The molecule has 1 aliphatic rings. The fourth-order valence-electron chi connectivity index (χ4n) is 2.28. The van der Waals surface area contributed by atoms with Crippen molar-refractivity contribution in [3.8, 4) is 0 Å². The smallest absolute Gasteiger partial charge is 0.125 e. The van der Waals surface area contributed by atoms with Gasteiger partial charge in [0.05, 0.1) is 24.6 Å². The predicted molar refractivity (Wildman–Crippen MR) is 119 cm³/mol. The Morgan fingerprint density at radius 1 is 0.833 bits per heavy atom. The number of aromatic nitrogens is 6. The summed E-state index contributed by atoms with van der Waals surface area (Å²) in [4.78, 5) is 17.7. The molecule has 0 atom stereocenters. The number of hydrogen-bond acceptors (Lipinski definition) is 7. The number of hydrogen-bond donors (Lipinski definition) is 0. The molecule has 0 spiro atoms. The largest absolute Gasteiger partial charge is 0.379 e. The molecule has 0 aliphatic carbocycles. The van der Waals surface area contributed by atoms with Crippen LogP contribution >= 0.6 is 0 Å². The van der Waals surface area contributed by atoms with Gasteiger partial charge in [-0.1, -0.05) is 0 Å². The second kappa shape index (κ2) is 14.3. The lowest BCUT2D eigenvalue weighted by Crippen LogP contribution is -2.32. The van der Waals surface area contributed by atoms with Crippen molar-refractivity contribution in [3.05, 3.63) is 65.5 Å². The second-order valence-electron chi connectivity index (χ2n) is 6.98. The first-order valence-electron chi connectivity index (χ1n) is 10.0. The highest BCUT2D eigenvalue weighted by Crippen LogP contribution is 2.08. The summed E-state index contributed by atoms with van der Waals surface area (Å²) >= 11 is 0. The Hall–Kier alpha value is -2.71. The molecule has 1 saturated heterocycles. The first-order valence-corrected chi connectivity index (χ1v) is 10.0. The van der Waals surface area contributed by atoms with Crippen LogP contribution in [0.1, 0.15) is 28.5 Å². The number of aryl methyl sites for hydroxylation is 4. The van der Waals surface area contributed by atoms with Gasteiger partial charge in [0.2, 0.25) is 0 Å². The van der Waals surface area contributed by atoms with Crippen LogP contribution in [0.5, 0.6) is 0 Å². The molecule has 0 bridgehead atoms. The quantitative estimate of drug-likeness (QED) is 0.560. The third-order valence-electron chi connectivity index (χ3n) is 4.49. The summed E-state index contributed by atoms with van der Waals surface area (Å²) in [5, 5.41) is 4.23. The Morgan fingerprint density at radius 2 is 1.47 bits per heavy atom. The van der Waals surface area contributed by atoms with Crippen LogP contribution in [0.4, 0.5) is 0 Å². The molecule has 3 aromatic heterocycles. The van der Waals surface area contributed by atoms with Crippen molar-refractivity contribution in [2.75, 3.05) is 33.4 Å². The molecule has 1 fully saturated rings. The van der Waals surface area contributed by atoms with E-state index in [0.717, 1.165) is 43.5 Å². The fraction of sp³-hybridized carbons (Fsp3) is 0.500. The zero-order chi connectivity index (χ0) is 22.4. The maximum atomic E-state index is 5.10. The normalized spacial score (nSPS) is 13.0. The van der Waals surface area contributed by atoms with Gasteiger partial charge in [0.25, 0.3) is 0 Å². The SMILES string of the molecule is CN1CCOCC1.Cc1cnccn1.Cc1ncccn1.Cc1nn(C)c(C)c1C. The van der Waals surface area contributed by atoms with E-state index in [-0.39, 0.29) is 0 Å². The van der Waals surface area contributed by atoms with Gasteiger partial charge in [-0.05, 0) is 53.3 Å². The molecule has 0 amide bonds. The van der Waals surface area contributed by atoms with E-state index in [1.807, 2.05) is 32.5 Å². The summed E-state index contributed by atoms with van der Waals surface area (Å²) in [5.74, 6) is 0.822.